The van der Waals surface area contributed by atoms with Crippen molar-refractivity contribution in [2.24, 2.45) is 0 Å². The first-order valence-electron chi connectivity index (χ1n) is 3.78. The fourth-order valence-corrected chi connectivity index (χ4v) is 1.33. The molecule has 2 rings (SSSR count). The maximum Gasteiger partial charge on any atom is 0.123 e. The van der Waals surface area contributed by atoms with Crippen molar-refractivity contribution in [3.8, 4) is 16.9 Å². The number of halogens is 1. The lowest BCUT2D eigenvalue weighted by Crippen LogP contribution is -1.75. The van der Waals surface area contributed by atoms with Gasteiger partial charge in [-0.25, -0.2) is 0 Å². The molecular weight excluding hydrogens is 188 g/mol. The molecule has 0 saturated carbocycles. The summed E-state index contributed by atoms with van der Waals surface area (Å²) in [5.41, 5.74) is 1.50. The van der Waals surface area contributed by atoms with Gasteiger partial charge in [0.1, 0.15) is 5.75 Å². The Hall–Kier alpha value is -1.41. The second kappa shape index (κ2) is 3.15. The summed E-state index contributed by atoms with van der Waals surface area (Å²) in [5.74, 6) is 0.200. The molecule has 1 aromatic carbocycles. The highest BCUT2D eigenvalue weighted by molar-refractivity contribution is 6.30. The van der Waals surface area contributed by atoms with E-state index in [0.717, 1.165) is 5.56 Å². The number of phenols is 1. The quantitative estimate of drug-likeness (QED) is 0.756. The summed E-state index contributed by atoms with van der Waals surface area (Å²) < 4.78 is 4.91. The average Bonchev–Trinajstić information content (AvgIpc) is 2.61. The predicted octanol–water partition coefficient (Wildman–Crippen LogP) is 3.31. The van der Waals surface area contributed by atoms with Gasteiger partial charge in [0.05, 0.1) is 12.5 Å². The fourth-order valence-electron chi connectivity index (χ4n) is 1.16. The monoisotopic (exact) mass is 194 g/mol. The molecule has 0 aliphatic heterocycles. The van der Waals surface area contributed by atoms with Crippen LogP contribution < -0.4 is 0 Å². The molecule has 3 heteroatoms. The second-order valence-corrected chi connectivity index (χ2v) is 3.11. The Morgan fingerprint density at radius 3 is 2.77 bits per heavy atom. The molecule has 13 heavy (non-hydrogen) atoms. The van der Waals surface area contributed by atoms with E-state index in [9.17, 15) is 5.11 Å². The highest BCUT2D eigenvalue weighted by Crippen LogP contribution is 2.31. The zero-order chi connectivity index (χ0) is 9.26. The number of hydrogen-bond donors (Lipinski definition) is 1. The van der Waals surface area contributed by atoms with Gasteiger partial charge in [-0.1, -0.05) is 11.6 Å². The summed E-state index contributed by atoms with van der Waals surface area (Å²) in [6.45, 7) is 0. The van der Waals surface area contributed by atoms with Crippen LogP contribution in [0.3, 0.4) is 0 Å². The Morgan fingerprint density at radius 1 is 1.23 bits per heavy atom. The lowest BCUT2D eigenvalue weighted by molar-refractivity contribution is 0.477. The van der Waals surface area contributed by atoms with E-state index in [1.807, 2.05) is 0 Å². The number of aromatic hydroxyl groups is 1. The molecule has 1 aromatic heterocycles. The number of rotatable bonds is 1. The van der Waals surface area contributed by atoms with Crippen LogP contribution in [0.5, 0.6) is 5.75 Å². The van der Waals surface area contributed by atoms with Gasteiger partial charge in [0, 0.05) is 16.1 Å². The summed E-state index contributed by atoms with van der Waals surface area (Å²) in [4.78, 5) is 0. The highest BCUT2D eigenvalue weighted by atomic mass is 35.5. The van der Waals surface area contributed by atoms with Gasteiger partial charge in [0.25, 0.3) is 0 Å². The standard InChI is InChI=1S/C10H7ClO2/c11-8-1-2-10(12)9(5-8)7-3-4-13-6-7/h1-6,12H. The van der Waals surface area contributed by atoms with Crippen LogP contribution >= 0.6 is 11.6 Å². The van der Waals surface area contributed by atoms with Crippen LogP contribution in [0.15, 0.2) is 41.2 Å². The summed E-state index contributed by atoms with van der Waals surface area (Å²) in [5, 5.41) is 10.1. The van der Waals surface area contributed by atoms with Gasteiger partial charge < -0.3 is 9.52 Å². The summed E-state index contributed by atoms with van der Waals surface area (Å²) in [6, 6.07) is 6.66. The van der Waals surface area contributed by atoms with Crippen LogP contribution in [0.2, 0.25) is 5.02 Å². The minimum absolute atomic E-state index is 0.200. The molecule has 2 nitrogen and oxygen atoms in total. The van der Waals surface area contributed by atoms with Gasteiger partial charge >= 0.3 is 0 Å². The van der Waals surface area contributed by atoms with Crippen molar-refractivity contribution in [1.82, 2.24) is 0 Å². The molecule has 0 radical (unpaired) electrons. The van der Waals surface area contributed by atoms with Crippen molar-refractivity contribution in [2.45, 2.75) is 0 Å². The molecule has 0 bridgehead atoms. The van der Waals surface area contributed by atoms with E-state index in [-0.39, 0.29) is 5.75 Å². The SMILES string of the molecule is Oc1ccc(Cl)cc1-c1ccoc1. The molecule has 0 aliphatic carbocycles. The van der Waals surface area contributed by atoms with Crippen LogP contribution in [0, 0.1) is 0 Å². The van der Waals surface area contributed by atoms with E-state index in [4.69, 9.17) is 16.0 Å². The molecule has 0 atom stereocenters. The molecule has 0 spiro atoms. The molecular formula is C10H7ClO2. The highest BCUT2D eigenvalue weighted by Gasteiger charge is 2.05. The van der Waals surface area contributed by atoms with E-state index in [1.165, 1.54) is 0 Å². The van der Waals surface area contributed by atoms with E-state index in [2.05, 4.69) is 0 Å². The predicted molar refractivity (Wildman–Crippen MR) is 50.8 cm³/mol. The topological polar surface area (TPSA) is 33.4 Å². The van der Waals surface area contributed by atoms with Crippen LogP contribution in [0.1, 0.15) is 0 Å². The van der Waals surface area contributed by atoms with Crippen molar-refractivity contribution in [2.75, 3.05) is 0 Å². The number of phenolic OH excluding ortho intramolecular Hbond substituents is 1. The first kappa shape index (κ1) is 8.20. The van der Waals surface area contributed by atoms with Crippen LogP contribution in [0.25, 0.3) is 11.1 Å². The summed E-state index contributed by atoms with van der Waals surface area (Å²) in [6.07, 6.45) is 3.11. The van der Waals surface area contributed by atoms with Gasteiger partial charge in [0.15, 0.2) is 0 Å². The average molecular weight is 195 g/mol. The van der Waals surface area contributed by atoms with Crippen molar-refractivity contribution in [3.05, 3.63) is 41.8 Å². The number of benzene rings is 1. The molecule has 1 N–H and O–H groups in total. The zero-order valence-corrected chi connectivity index (χ0v) is 7.45. The van der Waals surface area contributed by atoms with E-state index in [1.54, 1.807) is 36.8 Å². The van der Waals surface area contributed by atoms with Gasteiger partial charge in [-0.2, -0.15) is 0 Å². The van der Waals surface area contributed by atoms with Crippen LogP contribution in [-0.4, -0.2) is 5.11 Å². The largest absolute Gasteiger partial charge is 0.507 e. The van der Waals surface area contributed by atoms with E-state index >= 15 is 0 Å². The smallest absolute Gasteiger partial charge is 0.123 e. The third-order valence-electron chi connectivity index (χ3n) is 1.79. The third kappa shape index (κ3) is 1.53. The van der Waals surface area contributed by atoms with Gasteiger partial charge in [-0.15, -0.1) is 0 Å². The van der Waals surface area contributed by atoms with Crippen LogP contribution in [-0.2, 0) is 0 Å². The lowest BCUT2D eigenvalue weighted by atomic mass is 10.1. The third-order valence-corrected chi connectivity index (χ3v) is 2.03. The minimum Gasteiger partial charge on any atom is -0.507 e. The maximum absolute atomic E-state index is 9.51. The Kier molecular flexibility index (Phi) is 1.99. The lowest BCUT2D eigenvalue weighted by Gasteiger charge is -2.01. The first-order valence-corrected chi connectivity index (χ1v) is 4.16. The second-order valence-electron chi connectivity index (χ2n) is 2.67. The van der Waals surface area contributed by atoms with Gasteiger partial charge in [-0.05, 0) is 24.3 Å². The Labute approximate surface area is 80.4 Å². The van der Waals surface area contributed by atoms with Crippen molar-refractivity contribution in [1.29, 1.82) is 0 Å². The number of furan rings is 1. The zero-order valence-electron chi connectivity index (χ0n) is 6.70. The minimum atomic E-state index is 0.200. The molecule has 1 heterocycles. The molecule has 0 unspecified atom stereocenters. The normalized spacial score (nSPS) is 10.2. The Bertz CT molecular complexity index is 407. The molecule has 0 amide bonds. The molecule has 0 fully saturated rings. The number of hydrogen-bond acceptors (Lipinski definition) is 2. The molecule has 0 aliphatic rings. The van der Waals surface area contributed by atoms with E-state index < -0.39 is 0 Å². The van der Waals surface area contributed by atoms with Gasteiger partial charge in [0.2, 0.25) is 0 Å². The molecule has 2 aromatic rings. The van der Waals surface area contributed by atoms with Crippen molar-refractivity contribution >= 4 is 11.6 Å². The Balaban J connectivity index is 2.57. The van der Waals surface area contributed by atoms with E-state index in [0.29, 0.717) is 10.6 Å². The van der Waals surface area contributed by atoms with Crippen molar-refractivity contribution < 1.29 is 9.52 Å². The first-order chi connectivity index (χ1) is 6.27. The maximum atomic E-state index is 9.51. The molecule has 0 saturated heterocycles. The van der Waals surface area contributed by atoms with Crippen molar-refractivity contribution in [3.63, 3.8) is 0 Å². The molecule has 66 valence electrons. The Morgan fingerprint density at radius 2 is 2.08 bits per heavy atom. The summed E-state index contributed by atoms with van der Waals surface area (Å²) in [7, 11) is 0. The van der Waals surface area contributed by atoms with Crippen LogP contribution in [0.4, 0.5) is 0 Å². The fraction of sp³-hybridized carbons (Fsp3) is 0. The van der Waals surface area contributed by atoms with Gasteiger partial charge in [-0.3, -0.25) is 0 Å². The summed E-state index contributed by atoms with van der Waals surface area (Å²) >= 11 is 5.79.